The smallest absolute Gasteiger partial charge is 0.328 e. The fourth-order valence-corrected chi connectivity index (χ4v) is 9.26. The zero-order chi connectivity index (χ0) is 62.9. The van der Waals surface area contributed by atoms with E-state index in [0.717, 1.165) is 56.2 Å². The molecule has 0 bridgehead atoms. The van der Waals surface area contributed by atoms with Crippen LogP contribution in [0.2, 0.25) is 0 Å². The van der Waals surface area contributed by atoms with Gasteiger partial charge in [0.25, 0.3) is 31.7 Å². The van der Waals surface area contributed by atoms with Gasteiger partial charge < -0.3 is 25.2 Å². The number of aromatic amines is 2. The van der Waals surface area contributed by atoms with Crippen LogP contribution in [0.5, 0.6) is 5.88 Å². The number of anilines is 3. The number of aliphatic hydroxyl groups excluding tert-OH is 1. The van der Waals surface area contributed by atoms with Crippen molar-refractivity contribution < 1.29 is 40.9 Å². The van der Waals surface area contributed by atoms with E-state index in [4.69, 9.17) is 16.0 Å². The third kappa shape index (κ3) is 14.9. The highest BCUT2D eigenvalue weighted by atomic mass is 32.2. The van der Waals surface area contributed by atoms with E-state index in [0.29, 0.717) is 27.8 Å². The van der Waals surface area contributed by atoms with E-state index in [-0.39, 0.29) is 22.7 Å². The molecular weight excluding hydrogens is 1140 g/mol. The maximum atomic E-state index is 12.9. The molecule has 0 aliphatic heterocycles. The Labute approximate surface area is 495 Å². The second kappa shape index (κ2) is 26.8. The number of benzene rings is 7. The van der Waals surface area contributed by atoms with Crippen molar-refractivity contribution in [2.75, 3.05) is 29.0 Å². The number of allylic oxidation sites excluding steroid dienone is 1. The van der Waals surface area contributed by atoms with Crippen LogP contribution in [0.15, 0.2) is 167 Å². The first-order valence-electron chi connectivity index (χ1n) is 26.1. The molecule has 0 saturated carbocycles. The number of aromatic nitrogens is 8. The number of fused-ring (bicyclic) bond motifs is 6. The number of hydrogen-bond donors (Lipinski definition) is 7. The molecular formula is C56H57B2N15O11S2. The molecule has 0 saturated heterocycles. The van der Waals surface area contributed by atoms with Crippen LogP contribution < -0.4 is 26.2 Å². The van der Waals surface area contributed by atoms with Crippen LogP contribution in [0, 0.1) is 13.8 Å². The molecule has 0 fully saturated rings. The third-order valence-corrected chi connectivity index (χ3v) is 13.8. The molecule has 1 amide bonds. The van der Waals surface area contributed by atoms with Crippen LogP contribution in [0.1, 0.15) is 58.6 Å². The Balaban J connectivity index is 0.000000227. The highest BCUT2D eigenvalue weighted by Crippen LogP contribution is 2.34. The number of aliphatic hydroxyl groups is 1. The predicted octanol–water partition coefficient (Wildman–Crippen LogP) is 10.1. The molecule has 86 heavy (non-hydrogen) atoms. The summed E-state index contributed by atoms with van der Waals surface area (Å²) in [6.45, 7) is 13.4. The van der Waals surface area contributed by atoms with Crippen molar-refractivity contribution in [3.05, 3.63) is 159 Å². The van der Waals surface area contributed by atoms with Gasteiger partial charge in [-0.1, -0.05) is 76.9 Å². The van der Waals surface area contributed by atoms with E-state index in [1.807, 2.05) is 84.5 Å². The molecule has 10 aromatic rings. The maximum absolute atomic E-state index is 12.9. The summed E-state index contributed by atoms with van der Waals surface area (Å²) in [7, 11) is 5.52. The zero-order valence-electron chi connectivity index (χ0n) is 47.9. The number of nitrogens with one attached hydrogen (secondary N) is 3. The monoisotopic (exact) mass is 1200 g/mol. The number of aryl methyl sites for hydroxylation is 2. The third-order valence-electron chi connectivity index (χ3n) is 12.0. The Morgan fingerprint density at radius 1 is 0.640 bits per heavy atom. The summed E-state index contributed by atoms with van der Waals surface area (Å²) in [6, 6.07) is 31.6. The molecule has 26 nitrogen and oxygen atoms in total. The molecule has 0 spiro atoms. The van der Waals surface area contributed by atoms with E-state index < -0.39 is 70.2 Å². The molecule has 7 aromatic carbocycles. The summed E-state index contributed by atoms with van der Waals surface area (Å²) >= 11 is 0. The standard InChI is InChI=1S/C29H26BN7O5S.C21H15BN8O6S.2C3H8/c1-16-5-6-17(2)25(13-16)31-29(39)27(18(3)38)33-32-23-12-10-21(15-26(23)43(40,41)42)37-34-24-11-8-19-7-9-20(36(4)30)14-22(19)28(24)35-37;1-29(22)11-4-2-10-3-6-15-17(13(10)8-11)28-30(27-15)12-5-7-14(16(9-12)37(34,35)36)25-26-18-19(31)23-21(33)24-20(18)32;2*1-3-2/h5-15,38H,1-4H3,(H,31,39)(H,40,41,42);2-9H,1H3,(H,34,35,36)(H3,23,24,31,32,33);2*3H2,1-2H3/b27-18+,33-32?;;;. The minimum Gasteiger partial charge on any atom is -0.510 e. The minimum atomic E-state index is -4.82. The van der Waals surface area contributed by atoms with Gasteiger partial charge in [0.15, 0.2) is 5.70 Å². The molecule has 7 N–H and O–H groups in total. The van der Waals surface area contributed by atoms with Crippen molar-refractivity contribution in [3.8, 4) is 17.3 Å². The van der Waals surface area contributed by atoms with Crippen LogP contribution in [0.3, 0.4) is 0 Å². The topological polar surface area (TPSA) is 361 Å². The number of azo groups is 2. The Morgan fingerprint density at radius 2 is 1.10 bits per heavy atom. The van der Waals surface area contributed by atoms with Gasteiger partial charge in [0.1, 0.15) is 49.0 Å². The first-order chi connectivity index (χ1) is 40.6. The summed E-state index contributed by atoms with van der Waals surface area (Å²) in [5.74, 6) is -2.07. The van der Waals surface area contributed by atoms with Gasteiger partial charge in [0.05, 0.1) is 11.4 Å². The molecule has 0 aliphatic carbocycles. The van der Waals surface area contributed by atoms with E-state index >= 15 is 0 Å². The number of carbonyl (C=O) groups is 1. The minimum absolute atomic E-state index is 0.174. The second-order valence-electron chi connectivity index (χ2n) is 19.3. The number of rotatable bonds is 12. The first-order valence-corrected chi connectivity index (χ1v) is 29.0. The average Bonchev–Trinajstić information content (AvgIpc) is 2.13. The normalized spacial score (nSPS) is 11.9. The highest BCUT2D eigenvalue weighted by molar-refractivity contribution is 7.86. The number of aromatic hydroxyl groups is 1. The van der Waals surface area contributed by atoms with Gasteiger partial charge in [0.2, 0.25) is 27.5 Å². The molecule has 440 valence electrons. The largest absolute Gasteiger partial charge is 0.510 e. The van der Waals surface area contributed by atoms with Crippen molar-refractivity contribution in [1.29, 1.82) is 0 Å². The molecule has 10 rings (SSSR count). The van der Waals surface area contributed by atoms with Gasteiger partial charge in [-0.2, -0.15) is 26.4 Å². The molecule has 4 radical (unpaired) electrons. The van der Waals surface area contributed by atoms with E-state index in [9.17, 15) is 50.5 Å². The molecule has 3 aromatic heterocycles. The van der Waals surface area contributed by atoms with Gasteiger partial charge in [0, 0.05) is 27.8 Å². The molecule has 3 heterocycles. The number of hydrogen-bond acceptors (Lipinski definition) is 19. The molecule has 30 heteroatoms. The van der Waals surface area contributed by atoms with Gasteiger partial charge in [-0.3, -0.25) is 28.7 Å². The maximum Gasteiger partial charge on any atom is 0.328 e. The van der Waals surface area contributed by atoms with Gasteiger partial charge in [-0.15, -0.1) is 40.9 Å². The summed E-state index contributed by atoms with van der Waals surface area (Å²) in [5, 5.41) is 58.7. The van der Waals surface area contributed by atoms with E-state index in [2.05, 4.69) is 73.9 Å². The fraction of sp³-hybridized carbons (Fsp3) is 0.196. The van der Waals surface area contributed by atoms with Crippen molar-refractivity contribution in [2.24, 2.45) is 20.5 Å². The van der Waals surface area contributed by atoms with E-state index in [1.54, 1.807) is 32.3 Å². The number of nitrogens with zero attached hydrogens (tertiary/aromatic N) is 12. The van der Waals surface area contributed by atoms with Crippen molar-refractivity contribution in [2.45, 2.75) is 71.1 Å². The summed E-state index contributed by atoms with van der Waals surface area (Å²) in [4.78, 5) is 43.8. The first kappa shape index (κ1) is 63.7. The lowest BCUT2D eigenvalue weighted by Crippen LogP contribution is -2.20. The Bertz CT molecular complexity index is 4670. The van der Waals surface area contributed by atoms with Gasteiger partial charge >= 0.3 is 5.69 Å². The lowest BCUT2D eigenvalue weighted by Gasteiger charge is -2.13. The zero-order valence-corrected chi connectivity index (χ0v) is 49.5. The highest BCUT2D eigenvalue weighted by Gasteiger charge is 2.22. The lowest BCUT2D eigenvalue weighted by molar-refractivity contribution is -0.113. The number of amides is 1. The summed E-state index contributed by atoms with van der Waals surface area (Å²) in [5.41, 5.74) is 2.49. The lowest BCUT2D eigenvalue weighted by atomic mass is 10.1. The van der Waals surface area contributed by atoms with E-state index in [1.165, 1.54) is 63.2 Å². The Kier molecular flexibility index (Phi) is 19.8. The number of H-pyrrole nitrogens is 2. The van der Waals surface area contributed by atoms with Crippen LogP contribution in [-0.2, 0) is 25.0 Å². The van der Waals surface area contributed by atoms with Crippen molar-refractivity contribution >= 4 is 120 Å². The predicted molar refractivity (Wildman–Crippen MR) is 331 cm³/mol. The fourth-order valence-electron chi connectivity index (χ4n) is 7.98. The molecule has 0 aliphatic rings. The Morgan fingerprint density at radius 3 is 1.55 bits per heavy atom. The average molecular weight is 1200 g/mol. The Hall–Kier alpha value is -9.90. The quantitative estimate of drug-likeness (QED) is 0.0196. The SMILES string of the molecule is CCC.CCC.[B]N(C)c1ccc2ccc3nn(-c4ccc(N=N/C(C(=O)Nc5cc(C)ccc5C)=C(\C)O)c(S(=O)(=O)O)c4)nc3c2c1.[B]N(C)c1ccc2ccc3nn(-c4ccc(N=Nc5c(O)[nH]c(=O)[nH]c5=O)c(S(=O)(=O)O)c4)nc3c2c1. The van der Waals surface area contributed by atoms with Crippen molar-refractivity contribution in [3.63, 3.8) is 0 Å². The summed E-state index contributed by atoms with van der Waals surface area (Å²) < 4.78 is 68.7. The van der Waals surface area contributed by atoms with Gasteiger partial charge in [-0.25, -0.2) is 4.79 Å². The molecule has 0 atom stereocenters. The van der Waals surface area contributed by atoms with Crippen molar-refractivity contribution in [1.82, 2.24) is 40.0 Å². The molecule has 0 unspecified atom stereocenters. The second-order valence-corrected chi connectivity index (χ2v) is 22.0. The van der Waals surface area contributed by atoms with Crippen LogP contribution in [-0.4, -0.2) is 112 Å². The van der Waals surface area contributed by atoms with Gasteiger partial charge in [-0.05, 0) is 136 Å². The van der Waals surface area contributed by atoms with Crippen LogP contribution in [0.25, 0.3) is 55.0 Å². The van der Waals surface area contributed by atoms with Crippen LogP contribution in [0.4, 0.5) is 34.1 Å². The van der Waals surface area contributed by atoms with Crippen LogP contribution >= 0.6 is 0 Å². The summed E-state index contributed by atoms with van der Waals surface area (Å²) in [6.07, 6.45) is 2.50. The number of carbonyl (C=O) groups excluding carboxylic acids is 1.